The van der Waals surface area contributed by atoms with Gasteiger partial charge in [0.05, 0.1) is 5.51 Å². The fraction of sp³-hybridized carbons (Fsp3) is 0.333. The lowest BCUT2D eigenvalue weighted by Crippen LogP contribution is -2.19. The van der Waals surface area contributed by atoms with Gasteiger partial charge in [0, 0.05) is 11.7 Å². The number of hydrogen-bond donors (Lipinski definition) is 2. The van der Waals surface area contributed by atoms with Crippen LogP contribution in [0.25, 0.3) is 0 Å². The lowest BCUT2D eigenvalue weighted by Gasteiger charge is -2.12. The van der Waals surface area contributed by atoms with Crippen molar-refractivity contribution in [2.45, 2.75) is 31.7 Å². The smallest absolute Gasteiger partial charge is 0.388 e. The highest BCUT2D eigenvalue weighted by molar-refractivity contribution is 7.14. The normalized spacial score (nSPS) is 14.8. The Morgan fingerprint density at radius 2 is 2.18 bits per heavy atom. The Labute approximate surface area is 131 Å². The number of anilines is 2. The van der Waals surface area contributed by atoms with Gasteiger partial charge in [0.1, 0.15) is 5.82 Å². The molecule has 0 saturated heterocycles. The summed E-state index contributed by atoms with van der Waals surface area (Å²) < 4.78 is 18.3. The standard InChI is InChI=1S/C15H16FN3O2S/c16-10-4-3-7-12(8-10)19-15(20)21-13-14(22-9-17-13)18-11-5-1-2-6-11/h3-4,7-9,11,18H,1-2,5-6H2,(H,19,20). The van der Waals surface area contributed by atoms with Gasteiger partial charge in [-0.15, -0.1) is 11.3 Å². The number of carbonyl (C=O) groups is 1. The van der Waals surface area contributed by atoms with Gasteiger partial charge in [-0.05, 0) is 31.0 Å². The molecule has 1 aromatic heterocycles. The number of hydrogen-bond acceptors (Lipinski definition) is 5. The quantitative estimate of drug-likeness (QED) is 0.884. The van der Waals surface area contributed by atoms with Crippen molar-refractivity contribution in [3.8, 4) is 5.88 Å². The van der Waals surface area contributed by atoms with Crippen molar-refractivity contribution in [2.24, 2.45) is 0 Å². The monoisotopic (exact) mass is 321 g/mol. The average Bonchev–Trinajstić information content (AvgIpc) is 3.12. The van der Waals surface area contributed by atoms with E-state index in [1.54, 1.807) is 11.6 Å². The molecule has 1 aliphatic rings. The number of amides is 1. The molecule has 2 N–H and O–H groups in total. The summed E-state index contributed by atoms with van der Waals surface area (Å²) in [4.78, 5) is 15.9. The first kappa shape index (κ1) is 14.8. The van der Waals surface area contributed by atoms with Crippen LogP contribution in [-0.4, -0.2) is 17.1 Å². The van der Waals surface area contributed by atoms with Crippen LogP contribution in [0, 0.1) is 5.82 Å². The molecule has 1 saturated carbocycles. The second-order valence-corrected chi connectivity index (χ2v) is 5.99. The molecule has 116 valence electrons. The van der Waals surface area contributed by atoms with Crippen LogP contribution in [0.15, 0.2) is 29.8 Å². The third-order valence-corrected chi connectivity index (χ3v) is 4.22. The number of nitrogens with one attached hydrogen (secondary N) is 2. The van der Waals surface area contributed by atoms with Gasteiger partial charge in [-0.25, -0.2) is 14.2 Å². The maximum atomic E-state index is 13.1. The molecule has 2 aromatic rings. The Morgan fingerprint density at radius 1 is 1.36 bits per heavy atom. The molecule has 3 rings (SSSR count). The van der Waals surface area contributed by atoms with Crippen LogP contribution in [0.3, 0.4) is 0 Å². The lowest BCUT2D eigenvalue weighted by atomic mass is 10.2. The highest BCUT2D eigenvalue weighted by atomic mass is 32.1. The summed E-state index contributed by atoms with van der Waals surface area (Å²) in [6.07, 6.45) is 3.98. The van der Waals surface area contributed by atoms with Crippen LogP contribution in [0.5, 0.6) is 5.88 Å². The summed E-state index contributed by atoms with van der Waals surface area (Å²) in [7, 11) is 0. The molecule has 22 heavy (non-hydrogen) atoms. The maximum Gasteiger partial charge on any atom is 0.418 e. The summed E-state index contributed by atoms with van der Waals surface area (Å²) in [6, 6.07) is 6.04. The van der Waals surface area contributed by atoms with Gasteiger partial charge in [0.2, 0.25) is 0 Å². The minimum Gasteiger partial charge on any atom is -0.388 e. The molecule has 1 heterocycles. The van der Waals surface area contributed by atoms with E-state index < -0.39 is 11.9 Å². The van der Waals surface area contributed by atoms with Gasteiger partial charge in [0.25, 0.3) is 5.88 Å². The van der Waals surface area contributed by atoms with Crippen molar-refractivity contribution < 1.29 is 13.9 Å². The molecule has 5 nitrogen and oxygen atoms in total. The van der Waals surface area contributed by atoms with E-state index >= 15 is 0 Å². The van der Waals surface area contributed by atoms with Gasteiger partial charge < -0.3 is 10.1 Å². The van der Waals surface area contributed by atoms with Crippen molar-refractivity contribution in [2.75, 3.05) is 10.6 Å². The van der Waals surface area contributed by atoms with Crippen molar-refractivity contribution in [3.05, 3.63) is 35.6 Å². The fourth-order valence-corrected chi connectivity index (χ4v) is 3.14. The molecule has 0 radical (unpaired) electrons. The van der Waals surface area contributed by atoms with Crippen LogP contribution < -0.4 is 15.4 Å². The molecule has 0 spiro atoms. The summed E-state index contributed by atoms with van der Waals surface area (Å²) in [5, 5.41) is 6.59. The van der Waals surface area contributed by atoms with Crippen LogP contribution in [-0.2, 0) is 0 Å². The lowest BCUT2D eigenvalue weighted by molar-refractivity contribution is 0.214. The number of nitrogens with zero attached hydrogens (tertiary/aromatic N) is 1. The van der Waals surface area contributed by atoms with E-state index in [1.165, 1.54) is 42.4 Å². The second kappa shape index (κ2) is 6.74. The first-order chi connectivity index (χ1) is 10.7. The number of rotatable bonds is 4. The second-order valence-electron chi connectivity index (χ2n) is 5.14. The van der Waals surface area contributed by atoms with E-state index in [9.17, 15) is 9.18 Å². The molecule has 1 aliphatic carbocycles. The number of carbonyl (C=O) groups excluding carboxylic acids is 1. The Bertz CT molecular complexity index is 656. The number of aromatic nitrogens is 1. The van der Waals surface area contributed by atoms with E-state index in [2.05, 4.69) is 15.6 Å². The zero-order chi connectivity index (χ0) is 15.4. The molecule has 0 bridgehead atoms. The molecule has 0 unspecified atom stereocenters. The molecular formula is C15H16FN3O2S. The van der Waals surface area contributed by atoms with Crippen molar-refractivity contribution in [1.82, 2.24) is 4.98 Å². The molecule has 0 atom stereocenters. The summed E-state index contributed by atoms with van der Waals surface area (Å²) in [6.45, 7) is 0. The third-order valence-electron chi connectivity index (χ3n) is 3.49. The number of ether oxygens (including phenoxy) is 1. The maximum absolute atomic E-state index is 13.1. The topological polar surface area (TPSA) is 63.2 Å². The molecule has 1 aromatic carbocycles. The Hall–Kier alpha value is -2.15. The largest absolute Gasteiger partial charge is 0.418 e. The van der Waals surface area contributed by atoms with Crippen LogP contribution in [0.1, 0.15) is 25.7 Å². The first-order valence-corrected chi connectivity index (χ1v) is 8.03. The van der Waals surface area contributed by atoms with Crippen molar-refractivity contribution in [3.63, 3.8) is 0 Å². The highest BCUT2D eigenvalue weighted by Gasteiger charge is 2.19. The van der Waals surface area contributed by atoms with E-state index in [4.69, 9.17) is 4.74 Å². The zero-order valence-corrected chi connectivity index (χ0v) is 12.7. The Morgan fingerprint density at radius 3 is 2.95 bits per heavy atom. The number of benzene rings is 1. The van der Waals surface area contributed by atoms with E-state index in [0.29, 0.717) is 11.7 Å². The van der Waals surface area contributed by atoms with Crippen LogP contribution in [0.4, 0.5) is 19.9 Å². The molecular weight excluding hydrogens is 305 g/mol. The SMILES string of the molecule is O=C(Nc1cccc(F)c1)Oc1ncsc1NC1CCCC1. The minimum absolute atomic E-state index is 0.255. The predicted molar refractivity (Wildman–Crippen MR) is 84.0 cm³/mol. The van der Waals surface area contributed by atoms with Gasteiger partial charge in [0.15, 0.2) is 5.00 Å². The van der Waals surface area contributed by atoms with E-state index in [-0.39, 0.29) is 5.88 Å². The average molecular weight is 321 g/mol. The van der Waals surface area contributed by atoms with Crippen molar-refractivity contribution >= 4 is 28.1 Å². The Kier molecular flexibility index (Phi) is 4.53. The molecule has 7 heteroatoms. The van der Waals surface area contributed by atoms with Gasteiger partial charge in [-0.2, -0.15) is 0 Å². The number of thiazole rings is 1. The van der Waals surface area contributed by atoms with Crippen LogP contribution >= 0.6 is 11.3 Å². The summed E-state index contributed by atoms with van der Waals surface area (Å²) >= 11 is 1.40. The summed E-state index contributed by atoms with van der Waals surface area (Å²) in [5.41, 5.74) is 1.97. The Balaban J connectivity index is 1.60. The third kappa shape index (κ3) is 3.73. The summed E-state index contributed by atoms with van der Waals surface area (Å²) in [5.74, 6) is -0.166. The molecule has 0 aliphatic heterocycles. The highest BCUT2D eigenvalue weighted by Crippen LogP contribution is 2.31. The molecule has 1 fully saturated rings. The van der Waals surface area contributed by atoms with E-state index in [1.807, 2.05) is 0 Å². The fourth-order valence-electron chi connectivity index (χ4n) is 2.46. The van der Waals surface area contributed by atoms with Crippen LogP contribution in [0.2, 0.25) is 0 Å². The molecule has 1 amide bonds. The van der Waals surface area contributed by atoms with Gasteiger partial charge in [-0.3, -0.25) is 5.32 Å². The van der Waals surface area contributed by atoms with Gasteiger partial charge >= 0.3 is 6.09 Å². The van der Waals surface area contributed by atoms with Gasteiger partial charge in [-0.1, -0.05) is 18.9 Å². The zero-order valence-electron chi connectivity index (χ0n) is 11.8. The van der Waals surface area contributed by atoms with E-state index in [0.717, 1.165) is 17.8 Å². The first-order valence-electron chi connectivity index (χ1n) is 7.15. The van der Waals surface area contributed by atoms with Crippen molar-refractivity contribution in [1.29, 1.82) is 0 Å². The minimum atomic E-state index is -0.689. The number of halogens is 1. The predicted octanol–water partition coefficient (Wildman–Crippen LogP) is 4.25.